The van der Waals surface area contributed by atoms with Crippen molar-refractivity contribution in [2.45, 2.75) is 13.0 Å². The third-order valence-electron chi connectivity index (χ3n) is 5.53. The molecule has 29 heavy (non-hydrogen) atoms. The average Bonchev–Trinajstić information content (AvgIpc) is 2.73. The van der Waals surface area contributed by atoms with Crippen LogP contribution >= 0.6 is 11.6 Å². The second kappa shape index (κ2) is 7.44. The van der Waals surface area contributed by atoms with Gasteiger partial charge in [0.25, 0.3) is 0 Å². The van der Waals surface area contributed by atoms with Crippen molar-refractivity contribution in [1.29, 1.82) is 0 Å². The zero-order valence-electron chi connectivity index (χ0n) is 16.2. The van der Waals surface area contributed by atoms with E-state index in [9.17, 15) is 9.59 Å². The quantitative estimate of drug-likeness (QED) is 0.759. The van der Waals surface area contributed by atoms with E-state index in [1.807, 2.05) is 36.1 Å². The lowest BCUT2D eigenvalue weighted by atomic mass is 10.1. The summed E-state index contributed by atoms with van der Waals surface area (Å²) in [4.78, 5) is 35.4. The molecule has 1 fully saturated rings. The number of hydrogen-bond donors (Lipinski definition) is 1. The van der Waals surface area contributed by atoms with Gasteiger partial charge in [0.15, 0.2) is 5.82 Å². The van der Waals surface area contributed by atoms with Crippen LogP contribution in [0.1, 0.15) is 6.92 Å². The van der Waals surface area contributed by atoms with Crippen LogP contribution < -0.4 is 14.7 Å². The van der Waals surface area contributed by atoms with Crippen molar-refractivity contribution in [3.05, 3.63) is 41.6 Å². The Bertz CT molecular complexity index is 944. The summed E-state index contributed by atoms with van der Waals surface area (Å²) in [7, 11) is 1.74. The molecular formula is C20H22ClN5O3. The monoisotopic (exact) mass is 415 g/mol. The molecule has 1 aromatic heterocycles. The number of nitrogens with zero attached hydrogens (tertiary/aromatic N) is 5. The molecule has 0 spiro atoms. The number of carbonyl (C=O) groups excluding carboxylic acids is 1. The molecule has 1 aromatic carbocycles. The van der Waals surface area contributed by atoms with Crippen molar-refractivity contribution in [3.63, 3.8) is 0 Å². The molecule has 1 unspecified atom stereocenters. The van der Waals surface area contributed by atoms with Crippen LogP contribution in [-0.4, -0.2) is 66.3 Å². The number of pyridine rings is 1. The van der Waals surface area contributed by atoms with Gasteiger partial charge in [0.1, 0.15) is 11.2 Å². The standard InChI is InChI=1S/C20H22ClN5O3/c1-13-19(27)23(2)16-7-8-17(21)22-18(16)26(13)15-5-3-14(4-6-15)24-9-11-25(12-10-24)20(28)29/h3-8,13H,9-12H2,1-2H3,(H,28,29). The van der Waals surface area contributed by atoms with Crippen molar-refractivity contribution in [1.82, 2.24) is 9.88 Å². The van der Waals surface area contributed by atoms with Gasteiger partial charge in [0.05, 0.1) is 5.69 Å². The number of benzene rings is 1. The number of carbonyl (C=O) groups is 2. The Kier molecular flexibility index (Phi) is 4.96. The van der Waals surface area contributed by atoms with E-state index in [1.54, 1.807) is 24.1 Å². The van der Waals surface area contributed by atoms with Crippen LogP contribution in [0.5, 0.6) is 0 Å². The first-order valence-electron chi connectivity index (χ1n) is 9.43. The first-order valence-corrected chi connectivity index (χ1v) is 9.81. The predicted molar refractivity (Wildman–Crippen MR) is 113 cm³/mol. The van der Waals surface area contributed by atoms with E-state index in [-0.39, 0.29) is 5.91 Å². The largest absolute Gasteiger partial charge is 0.465 e. The Morgan fingerprint density at radius 1 is 1.07 bits per heavy atom. The van der Waals surface area contributed by atoms with Gasteiger partial charge in [0, 0.05) is 44.6 Å². The minimum atomic E-state index is -0.876. The topological polar surface area (TPSA) is 80.2 Å². The highest BCUT2D eigenvalue weighted by atomic mass is 35.5. The summed E-state index contributed by atoms with van der Waals surface area (Å²) in [6.45, 7) is 4.11. The van der Waals surface area contributed by atoms with E-state index >= 15 is 0 Å². The SMILES string of the molecule is CC1C(=O)N(C)c2ccc(Cl)nc2N1c1ccc(N2CCN(C(=O)O)CC2)cc1. The van der Waals surface area contributed by atoms with Gasteiger partial charge in [-0.2, -0.15) is 0 Å². The van der Waals surface area contributed by atoms with Gasteiger partial charge in [-0.1, -0.05) is 11.6 Å². The summed E-state index contributed by atoms with van der Waals surface area (Å²) < 4.78 is 0. The molecule has 0 radical (unpaired) electrons. The van der Waals surface area contributed by atoms with Gasteiger partial charge >= 0.3 is 6.09 Å². The molecular weight excluding hydrogens is 394 g/mol. The first kappa shape index (κ1) is 19.3. The third-order valence-corrected chi connectivity index (χ3v) is 5.74. The molecule has 2 aliphatic rings. The lowest BCUT2D eigenvalue weighted by Crippen LogP contribution is -2.49. The Morgan fingerprint density at radius 2 is 1.69 bits per heavy atom. The van der Waals surface area contributed by atoms with E-state index in [4.69, 9.17) is 16.7 Å². The predicted octanol–water partition coefficient (Wildman–Crippen LogP) is 3.04. The molecule has 0 aliphatic carbocycles. The lowest BCUT2D eigenvalue weighted by molar-refractivity contribution is -0.119. The number of aromatic nitrogens is 1. The summed E-state index contributed by atoms with van der Waals surface area (Å²) >= 11 is 6.13. The van der Waals surface area contributed by atoms with Crippen molar-refractivity contribution in [3.8, 4) is 0 Å². The molecule has 4 rings (SSSR count). The third kappa shape index (κ3) is 3.44. The summed E-state index contributed by atoms with van der Waals surface area (Å²) in [5.41, 5.74) is 2.58. The number of likely N-dealkylation sites (N-methyl/N-ethyl adjacent to an activating group) is 1. The second-order valence-electron chi connectivity index (χ2n) is 7.19. The van der Waals surface area contributed by atoms with Crippen LogP contribution in [0.25, 0.3) is 0 Å². The van der Waals surface area contributed by atoms with Crippen molar-refractivity contribution in [2.24, 2.45) is 0 Å². The van der Waals surface area contributed by atoms with Crippen LogP contribution in [0.3, 0.4) is 0 Å². The van der Waals surface area contributed by atoms with Gasteiger partial charge < -0.3 is 24.7 Å². The van der Waals surface area contributed by atoms with Crippen molar-refractivity contribution in [2.75, 3.05) is 47.9 Å². The Hall–Kier alpha value is -3.00. The van der Waals surface area contributed by atoms with Crippen molar-refractivity contribution >= 4 is 46.5 Å². The summed E-state index contributed by atoms with van der Waals surface area (Å²) in [5, 5.41) is 9.47. The lowest BCUT2D eigenvalue weighted by Gasteiger charge is -2.39. The van der Waals surface area contributed by atoms with Crippen LogP contribution in [-0.2, 0) is 4.79 Å². The number of halogens is 1. The summed E-state index contributed by atoms with van der Waals surface area (Å²) in [6.07, 6.45) is -0.876. The maximum Gasteiger partial charge on any atom is 0.407 e. The van der Waals surface area contributed by atoms with Crippen LogP contribution in [0.2, 0.25) is 5.15 Å². The first-order chi connectivity index (χ1) is 13.9. The average molecular weight is 416 g/mol. The Morgan fingerprint density at radius 3 is 2.31 bits per heavy atom. The van der Waals surface area contributed by atoms with Gasteiger partial charge in [-0.25, -0.2) is 9.78 Å². The number of anilines is 4. The van der Waals surface area contributed by atoms with E-state index in [0.29, 0.717) is 42.8 Å². The molecule has 3 heterocycles. The fraction of sp³-hybridized carbons (Fsp3) is 0.350. The maximum atomic E-state index is 12.7. The van der Waals surface area contributed by atoms with E-state index in [0.717, 1.165) is 11.4 Å². The highest BCUT2D eigenvalue weighted by Gasteiger charge is 2.35. The molecule has 152 valence electrons. The summed E-state index contributed by atoms with van der Waals surface area (Å²) in [6, 6.07) is 11.0. The molecule has 0 saturated carbocycles. The summed E-state index contributed by atoms with van der Waals surface area (Å²) in [5.74, 6) is 0.630. The minimum absolute atomic E-state index is 0.0181. The van der Waals surface area contributed by atoms with Gasteiger partial charge in [-0.05, 0) is 43.3 Å². The number of fused-ring (bicyclic) bond motifs is 1. The molecule has 8 nitrogen and oxygen atoms in total. The maximum absolute atomic E-state index is 12.7. The smallest absolute Gasteiger partial charge is 0.407 e. The highest BCUT2D eigenvalue weighted by Crippen LogP contribution is 2.39. The van der Waals surface area contributed by atoms with Crippen LogP contribution in [0.4, 0.5) is 27.7 Å². The van der Waals surface area contributed by atoms with Gasteiger partial charge in [0.2, 0.25) is 5.91 Å². The number of piperazine rings is 1. The number of carboxylic acid groups (broad SMARTS) is 1. The number of amides is 2. The molecule has 9 heteroatoms. The second-order valence-corrected chi connectivity index (χ2v) is 7.58. The fourth-order valence-corrected chi connectivity index (χ4v) is 4.02. The van der Waals surface area contributed by atoms with Crippen LogP contribution in [0.15, 0.2) is 36.4 Å². The Balaban J connectivity index is 1.61. The normalized spacial score (nSPS) is 19.4. The van der Waals surface area contributed by atoms with Crippen molar-refractivity contribution < 1.29 is 14.7 Å². The highest BCUT2D eigenvalue weighted by molar-refractivity contribution is 6.29. The molecule has 1 atom stereocenters. The van der Waals surface area contributed by atoms with Gasteiger partial charge in [-0.15, -0.1) is 0 Å². The molecule has 2 aliphatic heterocycles. The zero-order chi connectivity index (χ0) is 20.7. The zero-order valence-corrected chi connectivity index (χ0v) is 17.0. The minimum Gasteiger partial charge on any atom is -0.465 e. The number of rotatable bonds is 2. The van der Waals surface area contributed by atoms with E-state index < -0.39 is 12.1 Å². The fourth-order valence-electron chi connectivity index (χ4n) is 3.88. The van der Waals surface area contributed by atoms with Gasteiger partial charge in [-0.3, -0.25) is 4.79 Å². The molecule has 1 saturated heterocycles. The molecule has 0 bridgehead atoms. The molecule has 2 amide bonds. The van der Waals surface area contributed by atoms with E-state index in [2.05, 4.69) is 9.88 Å². The Labute approximate surface area is 173 Å². The molecule has 1 N–H and O–H groups in total. The molecule has 2 aromatic rings. The number of hydrogen-bond acceptors (Lipinski definition) is 5. The van der Waals surface area contributed by atoms with Crippen LogP contribution in [0, 0.1) is 0 Å². The van der Waals surface area contributed by atoms with E-state index in [1.165, 1.54) is 4.90 Å².